The lowest BCUT2D eigenvalue weighted by molar-refractivity contribution is 0.000383. The van der Waals surface area contributed by atoms with Crippen molar-refractivity contribution in [2.75, 3.05) is 24.6 Å². The number of fused-ring (bicyclic) bond motifs is 4. The average molecular weight is 615 g/mol. The van der Waals surface area contributed by atoms with Crippen molar-refractivity contribution < 1.29 is 23.1 Å². The molecule has 2 bridgehead atoms. The highest BCUT2D eigenvalue weighted by Gasteiger charge is 2.44. The quantitative estimate of drug-likeness (QED) is 0.394. The molecule has 228 valence electrons. The Morgan fingerprint density at radius 2 is 1.90 bits per heavy atom. The number of hydrogen-bond acceptors (Lipinski definition) is 6. The zero-order valence-electron chi connectivity index (χ0n) is 24.8. The van der Waals surface area contributed by atoms with E-state index in [2.05, 4.69) is 28.7 Å². The fraction of sp³-hybridized carbons (Fsp3) is 0.606. The van der Waals surface area contributed by atoms with Gasteiger partial charge in [0, 0.05) is 29.1 Å². The first-order valence-electron chi connectivity index (χ1n) is 15.5. The van der Waals surface area contributed by atoms with Crippen molar-refractivity contribution in [2.45, 2.75) is 82.5 Å². The number of nitrogens with zero attached hydrogens (tertiary/aromatic N) is 1. The van der Waals surface area contributed by atoms with Crippen molar-refractivity contribution in [2.24, 2.45) is 23.7 Å². The third-order valence-electron chi connectivity index (χ3n) is 10.7. The van der Waals surface area contributed by atoms with Crippen LogP contribution < -0.4 is 14.4 Å². The van der Waals surface area contributed by atoms with Gasteiger partial charge in [0.25, 0.3) is 5.91 Å². The topological polar surface area (TPSA) is 95.9 Å². The summed E-state index contributed by atoms with van der Waals surface area (Å²) in [7, 11) is -3.90. The summed E-state index contributed by atoms with van der Waals surface area (Å²) in [6.45, 7) is 7.63. The van der Waals surface area contributed by atoms with Crippen molar-refractivity contribution in [1.29, 1.82) is 0 Å². The number of rotatable bonds is 0. The number of benzene rings is 2. The van der Waals surface area contributed by atoms with Crippen LogP contribution in [0.3, 0.4) is 0 Å². The fourth-order valence-corrected chi connectivity index (χ4v) is 9.44. The Kier molecular flexibility index (Phi) is 8.03. The molecular weight excluding hydrogens is 572 g/mol. The highest BCUT2D eigenvalue weighted by molar-refractivity contribution is 7.90. The molecule has 1 spiro atoms. The van der Waals surface area contributed by atoms with Crippen LogP contribution in [0.2, 0.25) is 5.02 Å². The van der Waals surface area contributed by atoms with E-state index in [0.717, 1.165) is 49.4 Å². The number of halogens is 1. The Morgan fingerprint density at radius 1 is 1.10 bits per heavy atom. The van der Waals surface area contributed by atoms with Crippen LogP contribution in [0.4, 0.5) is 5.69 Å². The molecule has 1 saturated carbocycles. The van der Waals surface area contributed by atoms with Crippen molar-refractivity contribution in [3.05, 3.63) is 58.1 Å². The molecule has 2 aromatic rings. The van der Waals surface area contributed by atoms with Crippen molar-refractivity contribution in [1.82, 2.24) is 4.72 Å². The summed E-state index contributed by atoms with van der Waals surface area (Å²) < 4.78 is 35.4. The van der Waals surface area contributed by atoms with Crippen LogP contribution in [0.5, 0.6) is 5.75 Å². The van der Waals surface area contributed by atoms with Gasteiger partial charge in [-0.25, -0.2) is 13.1 Å². The van der Waals surface area contributed by atoms with Gasteiger partial charge in [0.1, 0.15) is 5.75 Å². The van der Waals surface area contributed by atoms with E-state index in [-0.39, 0.29) is 23.2 Å². The molecule has 9 heteroatoms. The monoisotopic (exact) mass is 614 g/mol. The molecular formula is C33H43ClN2O5S. The number of anilines is 1. The van der Waals surface area contributed by atoms with Crippen LogP contribution in [-0.2, 0) is 21.9 Å². The van der Waals surface area contributed by atoms with Gasteiger partial charge in [0.05, 0.1) is 23.6 Å². The first-order chi connectivity index (χ1) is 20.0. The summed E-state index contributed by atoms with van der Waals surface area (Å²) in [4.78, 5) is 15.7. The summed E-state index contributed by atoms with van der Waals surface area (Å²) >= 11 is 6.39. The van der Waals surface area contributed by atoms with Gasteiger partial charge in [-0.3, -0.25) is 4.79 Å². The predicted octanol–water partition coefficient (Wildman–Crippen LogP) is 5.71. The molecule has 2 N–H and O–H groups in total. The smallest absolute Gasteiger partial charge is 0.264 e. The fourth-order valence-electron chi connectivity index (χ4n) is 7.96. The minimum absolute atomic E-state index is 0.164. The van der Waals surface area contributed by atoms with E-state index in [4.69, 9.17) is 16.3 Å². The number of aliphatic hydroxyl groups is 1. The van der Waals surface area contributed by atoms with E-state index in [9.17, 15) is 18.3 Å². The molecule has 0 saturated heterocycles. The SMILES string of the molecule is C[C@@H]1C[C@@H](O)[C@@H]2CC[C@H]2CN2C[C@@]3(CCCc4cc(Cl)ccc43)COc3ccc(cc32)C(=O)NS(=O)(=O)[C@@H](C)[C@@H](C)C1. The van der Waals surface area contributed by atoms with Gasteiger partial charge in [-0.2, -0.15) is 0 Å². The molecule has 2 aliphatic carbocycles. The summed E-state index contributed by atoms with van der Waals surface area (Å²) in [5.41, 5.74) is 3.38. The van der Waals surface area contributed by atoms with E-state index in [1.807, 2.05) is 13.0 Å². The van der Waals surface area contributed by atoms with Crippen LogP contribution in [0, 0.1) is 23.7 Å². The van der Waals surface area contributed by atoms with E-state index in [1.165, 1.54) is 11.1 Å². The number of carbonyl (C=O) groups excluding carboxylic acids is 1. The Morgan fingerprint density at radius 3 is 2.67 bits per heavy atom. The molecule has 42 heavy (non-hydrogen) atoms. The van der Waals surface area contributed by atoms with Gasteiger partial charge in [0.15, 0.2) is 0 Å². The van der Waals surface area contributed by atoms with E-state index >= 15 is 0 Å². The lowest BCUT2D eigenvalue weighted by atomic mass is 9.67. The first kappa shape index (κ1) is 29.8. The maximum atomic E-state index is 13.4. The number of amides is 1. The Balaban J connectivity index is 1.42. The highest BCUT2D eigenvalue weighted by atomic mass is 35.5. The second-order valence-corrected chi connectivity index (χ2v) is 16.1. The Bertz CT molecular complexity index is 1460. The van der Waals surface area contributed by atoms with Gasteiger partial charge in [-0.05, 0) is 117 Å². The lowest BCUT2D eigenvalue weighted by Gasteiger charge is -2.46. The zero-order chi connectivity index (χ0) is 29.8. The van der Waals surface area contributed by atoms with Crippen molar-refractivity contribution >= 4 is 33.2 Å². The molecule has 0 unspecified atom stereocenters. The van der Waals surface area contributed by atoms with Gasteiger partial charge in [-0.15, -0.1) is 0 Å². The van der Waals surface area contributed by atoms with Crippen molar-refractivity contribution in [3.63, 3.8) is 0 Å². The standard InChI is InChI=1S/C33H43ClN2O5S/c1-20-13-21(2)22(3)42(39,40)35-32(38)24-7-11-31-29(16-24)36(17-25-6-9-27(25)30(37)14-20)18-33(19-41-31)12-4-5-23-15-26(34)8-10-28(23)33/h7-8,10-11,15-16,20-22,25,27,30,37H,4-6,9,12-14,17-19H2,1-3H3,(H,35,38)/t20-,21-,22-,25-,27+,30+,33-/m0/s1. The minimum Gasteiger partial charge on any atom is -0.490 e. The van der Waals surface area contributed by atoms with Crippen LogP contribution in [0.1, 0.15) is 80.8 Å². The summed E-state index contributed by atoms with van der Waals surface area (Å²) in [6, 6.07) is 11.4. The summed E-state index contributed by atoms with van der Waals surface area (Å²) in [5.74, 6) is 0.598. The van der Waals surface area contributed by atoms with Gasteiger partial charge in [0.2, 0.25) is 10.0 Å². The Hall–Kier alpha value is -2.29. The molecule has 1 fully saturated rings. The first-order valence-corrected chi connectivity index (χ1v) is 17.4. The largest absolute Gasteiger partial charge is 0.490 e. The van der Waals surface area contributed by atoms with Gasteiger partial charge in [-0.1, -0.05) is 31.5 Å². The molecule has 0 aromatic heterocycles. The van der Waals surface area contributed by atoms with Crippen LogP contribution in [0.25, 0.3) is 0 Å². The highest BCUT2D eigenvalue weighted by Crippen LogP contribution is 2.47. The molecule has 2 aromatic carbocycles. The third-order valence-corrected chi connectivity index (χ3v) is 12.8. The van der Waals surface area contributed by atoms with Crippen LogP contribution >= 0.6 is 11.6 Å². The average Bonchev–Trinajstić information content (AvgIpc) is 3.06. The van der Waals surface area contributed by atoms with Gasteiger partial charge >= 0.3 is 0 Å². The number of nitrogens with one attached hydrogen (secondary N) is 1. The number of aryl methyl sites for hydroxylation is 1. The predicted molar refractivity (Wildman–Crippen MR) is 166 cm³/mol. The number of aliphatic hydroxyl groups excluding tert-OH is 1. The van der Waals surface area contributed by atoms with Crippen molar-refractivity contribution in [3.8, 4) is 5.75 Å². The molecule has 7 atom stereocenters. The molecule has 7 nitrogen and oxygen atoms in total. The second kappa shape index (κ2) is 11.3. The lowest BCUT2D eigenvalue weighted by Crippen LogP contribution is -2.49. The molecule has 0 radical (unpaired) electrons. The number of ether oxygens (including phenoxy) is 1. The zero-order valence-corrected chi connectivity index (χ0v) is 26.4. The maximum Gasteiger partial charge on any atom is 0.264 e. The normalized spacial score (nSPS) is 34.7. The van der Waals surface area contributed by atoms with E-state index in [0.29, 0.717) is 43.2 Å². The third kappa shape index (κ3) is 5.55. The second-order valence-electron chi connectivity index (χ2n) is 13.6. The Labute approximate surface area is 255 Å². The number of carbonyl (C=O) groups is 1. The van der Waals surface area contributed by atoms with Crippen LogP contribution in [-0.4, -0.2) is 50.5 Å². The molecule has 6 rings (SSSR count). The molecule has 2 heterocycles. The maximum absolute atomic E-state index is 13.4. The molecule has 2 aliphatic heterocycles. The minimum atomic E-state index is -3.90. The molecule has 4 aliphatic rings. The van der Waals surface area contributed by atoms with Gasteiger partial charge < -0.3 is 14.7 Å². The summed E-state index contributed by atoms with van der Waals surface area (Å²) in [5, 5.41) is 11.4. The summed E-state index contributed by atoms with van der Waals surface area (Å²) in [6.07, 6.45) is 5.92. The molecule has 1 amide bonds. The van der Waals surface area contributed by atoms with E-state index in [1.54, 1.807) is 25.1 Å². The van der Waals surface area contributed by atoms with E-state index < -0.39 is 27.3 Å². The van der Waals surface area contributed by atoms with Crippen LogP contribution in [0.15, 0.2) is 36.4 Å². The number of hydrogen-bond donors (Lipinski definition) is 2. The number of sulfonamides is 1.